The first-order valence-electron chi connectivity index (χ1n) is 5.21. The van der Waals surface area contributed by atoms with Crippen LogP contribution in [0.4, 0.5) is 10.6 Å². The van der Waals surface area contributed by atoms with Crippen LogP contribution in [0, 0.1) is 6.92 Å². The zero-order valence-electron chi connectivity index (χ0n) is 10.4. The van der Waals surface area contributed by atoms with Crippen LogP contribution in [0.25, 0.3) is 0 Å². The van der Waals surface area contributed by atoms with Gasteiger partial charge < -0.3 is 4.74 Å². The number of hydrogen-bond donors (Lipinski definition) is 1. The van der Waals surface area contributed by atoms with Gasteiger partial charge in [-0.1, -0.05) is 0 Å². The Labute approximate surface area is 106 Å². The lowest BCUT2D eigenvalue weighted by Gasteiger charge is -2.19. The molecule has 0 aliphatic carbocycles. The Balaban J connectivity index is 2.69. The molecule has 0 aliphatic heterocycles. The molecule has 0 unspecified atom stereocenters. The van der Waals surface area contributed by atoms with E-state index in [-0.39, 0.29) is 0 Å². The number of aryl methyl sites for hydroxylation is 1. The second-order valence-corrected chi connectivity index (χ2v) is 4.89. The molecule has 5 nitrogen and oxygen atoms in total. The molecule has 1 amide bonds. The van der Waals surface area contributed by atoms with Gasteiger partial charge in [-0.2, -0.15) is 5.10 Å². The number of hydrogen-bond acceptors (Lipinski definition) is 4. The maximum Gasteiger partial charge on any atom is 0.413 e. The summed E-state index contributed by atoms with van der Waals surface area (Å²) >= 11 is 5.66. The van der Waals surface area contributed by atoms with Crippen LogP contribution in [0.15, 0.2) is 6.07 Å². The molecule has 1 aromatic heterocycles. The van der Waals surface area contributed by atoms with Gasteiger partial charge in [0.2, 0.25) is 0 Å². The van der Waals surface area contributed by atoms with E-state index in [0.29, 0.717) is 17.4 Å². The van der Waals surface area contributed by atoms with Crippen LogP contribution in [0.1, 0.15) is 32.0 Å². The van der Waals surface area contributed by atoms with Gasteiger partial charge in [-0.15, -0.1) is 16.7 Å². The van der Waals surface area contributed by atoms with Gasteiger partial charge in [0, 0.05) is 0 Å². The fourth-order valence-corrected chi connectivity index (χ4v) is 1.38. The van der Waals surface area contributed by atoms with Crippen molar-refractivity contribution in [1.29, 1.82) is 0 Å². The first-order valence-corrected chi connectivity index (χ1v) is 5.74. The highest BCUT2D eigenvalue weighted by Gasteiger charge is 2.16. The summed E-state index contributed by atoms with van der Waals surface area (Å²) in [7, 11) is 0. The molecule has 17 heavy (non-hydrogen) atoms. The zero-order valence-corrected chi connectivity index (χ0v) is 11.1. The molecule has 94 valence electrons. The van der Waals surface area contributed by atoms with Crippen molar-refractivity contribution in [2.45, 2.75) is 39.2 Å². The van der Waals surface area contributed by atoms with Crippen molar-refractivity contribution in [2.24, 2.45) is 0 Å². The molecule has 1 rings (SSSR count). The standard InChI is InChI=1S/C11H16ClN3O2/c1-7-5-9(15-14-8(7)6-12)13-10(16)17-11(2,3)4/h5H,6H2,1-4H3,(H,13,15,16). The molecular formula is C11H16ClN3O2. The zero-order chi connectivity index (χ0) is 13.1. The van der Waals surface area contributed by atoms with E-state index in [4.69, 9.17) is 16.3 Å². The van der Waals surface area contributed by atoms with Crippen LogP contribution in [0.3, 0.4) is 0 Å². The van der Waals surface area contributed by atoms with Gasteiger partial charge in [-0.05, 0) is 39.3 Å². The average Bonchev–Trinajstić information content (AvgIpc) is 2.14. The van der Waals surface area contributed by atoms with E-state index in [1.807, 2.05) is 6.92 Å². The molecule has 0 bridgehead atoms. The minimum atomic E-state index is -0.551. The molecule has 0 radical (unpaired) electrons. The van der Waals surface area contributed by atoms with Gasteiger partial charge in [0.15, 0.2) is 5.82 Å². The Kier molecular flexibility index (Phi) is 4.28. The number of ether oxygens (including phenoxy) is 1. The van der Waals surface area contributed by atoms with Crippen LogP contribution in [-0.4, -0.2) is 21.9 Å². The number of carbonyl (C=O) groups is 1. The number of rotatable bonds is 2. The maximum absolute atomic E-state index is 11.5. The third kappa shape index (κ3) is 4.56. The van der Waals surface area contributed by atoms with Gasteiger partial charge in [0.1, 0.15) is 5.60 Å². The van der Waals surface area contributed by atoms with Gasteiger partial charge in [0.25, 0.3) is 0 Å². The summed E-state index contributed by atoms with van der Waals surface area (Å²) in [6.45, 7) is 7.23. The number of halogens is 1. The van der Waals surface area contributed by atoms with Crippen molar-refractivity contribution >= 4 is 23.5 Å². The predicted molar refractivity (Wildman–Crippen MR) is 66.2 cm³/mol. The molecule has 6 heteroatoms. The van der Waals surface area contributed by atoms with Crippen molar-refractivity contribution in [2.75, 3.05) is 5.32 Å². The van der Waals surface area contributed by atoms with E-state index in [1.165, 1.54) is 0 Å². The summed E-state index contributed by atoms with van der Waals surface area (Å²) in [5, 5.41) is 10.2. The van der Waals surface area contributed by atoms with Crippen LogP contribution >= 0.6 is 11.6 Å². The monoisotopic (exact) mass is 257 g/mol. The van der Waals surface area contributed by atoms with E-state index >= 15 is 0 Å². The number of nitrogens with zero attached hydrogens (tertiary/aromatic N) is 2. The van der Waals surface area contributed by atoms with Crippen molar-refractivity contribution in [3.8, 4) is 0 Å². The van der Waals surface area contributed by atoms with Gasteiger partial charge in [0.05, 0.1) is 11.6 Å². The first-order chi connectivity index (χ1) is 7.81. The Morgan fingerprint density at radius 1 is 1.47 bits per heavy atom. The van der Waals surface area contributed by atoms with E-state index in [2.05, 4.69) is 15.5 Å². The Morgan fingerprint density at radius 3 is 2.59 bits per heavy atom. The number of alkyl halides is 1. The molecule has 0 aliphatic rings. The predicted octanol–water partition coefficient (Wildman–Crippen LogP) is 2.87. The maximum atomic E-state index is 11.5. The second-order valence-electron chi connectivity index (χ2n) is 4.62. The topological polar surface area (TPSA) is 64.1 Å². The largest absolute Gasteiger partial charge is 0.444 e. The van der Waals surface area contributed by atoms with E-state index in [1.54, 1.807) is 26.8 Å². The van der Waals surface area contributed by atoms with E-state index in [9.17, 15) is 4.79 Å². The van der Waals surface area contributed by atoms with Crippen LogP contribution in [-0.2, 0) is 10.6 Å². The minimum Gasteiger partial charge on any atom is -0.444 e. The SMILES string of the molecule is Cc1cc(NC(=O)OC(C)(C)C)nnc1CCl. The van der Waals surface area contributed by atoms with Crippen molar-refractivity contribution < 1.29 is 9.53 Å². The molecule has 0 fully saturated rings. The van der Waals surface area contributed by atoms with Crippen molar-refractivity contribution in [1.82, 2.24) is 10.2 Å². The summed E-state index contributed by atoms with van der Waals surface area (Å²) in [6.07, 6.45) is -0.551. The van der Waals surface area contributed by atoms with E-state index in [0.717, 1.165) is 5.56 Å². The molecular weight excluding hydrogens is 242 g/mol. The van der Waals surface area contributed by atoms with Crippen molar-refractivity contribution in [3.63, 3.8) is 0 Å². The van der Waals surface area contributed by atoms with Crippen LogP contribution < -0.4 is 5.32 Å². The first kappa shape index (κ1) is 13.7. The number of aromatic nitrogens is 2. The lowest BCUT2D eigenvalue weighted by atomic mass is 10.2. The fraction of sp³-hybridized carbons (Fsp3) is 0.545. The highest BCUT2D eigenvalue weighted by atomic mass is 35.5. The minimum absolute atomic E-state index is 0.297. The lowest BCUT2D eigenvalue weighted by molar-refractivity contribution is 0.0635. The van der Waals surface area contributed by atoms with E-state index < -0.39 is 11.7 Å². The average molecular weight is 258 g/mol. The quantitative estimate of drug-likeness (QED) is 0.828. The summed E-state index contributed by atoms with van der Waals surface area (Å²) < 4.78 is 5.09. The number of nitrogens with one attached hydrogen (secondary N) is 1. The molecule has 1 heterocycles. The van der Waals surface area contributed by atoms with Gasteiger partial charge in [-0.25, -0.2) is 4.79 Å². The molecule has 1 aromatic rings. The summed E-state index contributed by atoms with van der Waals surface area (Å²) in [5.74, 6) is 0.650. The molecule has 0 aromatic carbocycles. The van der Waals surface area contributed by atoms with Crippen LogP contribution in [0.5, 0.6) is 0 Å². The Hall–Kier alpha value is -1.36. The van der Waals surface area contributed by atoms with Crippen molar-refractivity contribution in [3.05, 3.63) is 17.3 Å². The number of amides is 1. The lowest BCUT2D eigenvalue weighted by Crippen LogP contribution is -2.27. The summed E-state index contributed by atoms with van der Waals surface area (Å²) in [6, 6.07) is 1.70. The van der Waals surface area contributed by atoms with Crippen LogP contribution in [0.2, 0.25) is 0 Å². The molecule has 1 N–H and O–H groups in total. The third-order valence-electron chi connectivity index (χ3n) is 1.84. The normalized spacial score (nSPS) is 11.1. The number of carbonyl (C=O) groups excluding carboxylic acids is 1. The molecule has 0 saturated heterocycles. The number of anilines is 1. The fourth-order valence-electron chi connectivity index (χ4n) is 1.11. The smallest absolute Gasteiger partial charge is 0.413 e. The van der Waals surface area contributed by atoms with Gasteiger partial charge >= 0.3 is 6.09 Å². The highest BCUT2D eigenvalue weighted by molar-refractivity contribution is 6.17. The molecule has 0 atom stereocenters. The second kappa shape index (κ2) is 5.31. The molecule has 0 saturated carbocycles. The summed E-state index contributed by atoms with van der Waals surface area (Å²) in [4.78, 5) is 11.5. The summed E-state index contributed by atoms with van der Waals surface area (Å²) in [5.41, 5.74) is 1.03. The highest BCUT2D eigenvalue weighted by Crippen LogP contribution is 2.13. The Morgan fingerprint density at radius 2 is 2.12 bits per heavy atom. The van der Waals surface area contributed by atoms with Gasteiger partial charge in [-0.3, -0.25) is 5.32 Å². The Bertz CT molecular complexity index is 416. The molecule has 0 spiro atoms. The third-order valence-corrected chi connectivity index (χ3v) is 2.10.